The second kappa shape index (κ2) is 7.64. The van der Waals surface area contributed by atoms with Crippen molar-refractivity contribution in [3.8, 4) is 11.5 Å². The molecule has 0 aliphatic rings. The largest absolute Gasteiger partial charge is 0.508 e. The van der Waals surface area contributed by atoms with E-state index in [9.17, 15) is 10.2 Å². The van der Waals surface area contributed by atoms with Gasteiger partial charge in [0.25, 0.3) is 0 Å². The lowest BCUT2D eigenvalue weighted by Crippen LogP contribution is -1.99. The summed E-state index contributed by atoms with van der Waals surface area (Å²) in [6.07, 6.45) is 2.75. The van der Waals surface area contributed by atoms with Crippen molar-refractivity contribution in [2.75, 3.05) is 6.54 Å². The van der Waals surface area contributed by atoms with Crippen LogP contribution in [0.5, 0.6) is 11.5 Å². The smallest absolute Gasteiger partial charge is 0.118 e. The molecule has 3 nitrogen and oxygen atoms in total. The van der Waals surface area contributed by atoms with E-state index in [1.165, 1.54) is 11.1 Å². The summed E-state index contributed by atoms with van der Waals surface area (Å²) in [5.41, 5.74) is 4.46. The molecule has 0 aliphatic heterocycles. The Balaban J connectivity index is 1.79. The number of aromatic hydroxyl groups is 2. The zero-order chi connectivity index (χ0) is 15.9. The predicted octanol–water partition coefficient (Wildman–Crippen LogP) is 4.04. The Bertz CT molecular complexity index is 645. The summed E-state index contributed by atoms with van der Waals surface area (Å²) in [4.78, 5) is 4.61. The topological polar surface area (TPSA) is 52.8 Å². The van der Waals surface area contributed by atoms with Gasteiger partial charge in [-0.05, 0) is 68.0 Å². The summed E-state index contributed by atoms with van der Waals surface area (Å²) in [5, 5.41) is 18.8. The molecule has 116 valence electrons. The minimum Gasteiger partial charge on any atom is -0.508 e. The van der Waals surface area contributed by atoms with Crippen LogP contribution in [0.2, 0.25) is 0 Å². The molecule has 0 aliphatic carbocycles. The fourth-order valence-corrected chi connectivity index (χ4v) is 2.32. The van der Waals surface area contributed by atoms with Gasteiger partial charge in [-0.2, -0.15) is 0 Å². The summed E-state index contributed by atoms with van der Waals surface area (Å²) in [5.74, 6) is 0.649. The van der Waals surface area contributed by atoms with Gasteiger partial charge >= 0.3 is 0 Å². The van der Waals surface area contributed by atoms with Crippen LogP contribution in [0.3, 0.4) is 0 Å². The Hall–Kier alpha value is -2.29. The molecular weight excluding hydrogens is 274 g/mol. The van der Waals surface area contributed by atoms with Crippen molar-refractivity contribution in [2.24, 2.45) is 4.99 Å². The summed E-state index contributed by atoms with van der Waals surface area (Å²) < 4.78 is 0. The molecule has 2 aromatic rings. The van der Waals surface area contributed by atoms with E-state index in [4.69, 9.17) is 0 Å². The van der Waals surface area contributed by atoms with E-state index in [1.54, 1.807) is 18.2 Å². The molecule has 0 fully saturated rings. The molecule has 2 rings (SSSR count). The predicted molar refractivity (Wildman–Crippen MR) is 91.0 cm³/mol. The minimum absolute atomic E-state index is 0.304. The zero-order valence-corrected chi connectivity index (χ0v) is 13.2. The number of aryl methyl sites for hydroxylation is 2. The SMILES string of the molecule is CC(CCc1ccc(O)cc1)=NCCc1ccc(O)c(C)c1. The lowest BCUT2D eigenvalue weighted by Gasteiger charge is -2.04. The number of benzene rings is 2. The van der Waals surface area contributed by atoms with Gasteiger partial charge in [0.15, 0.2) is 0 Å². The third kappa shape index (κ3) is 4.92. The normalized spacial score (nSPS) is 11.6. The third-order valence-corrected chi connectivity index (χ3v) is 3.76. The van der Waals surface area contributed by atoms with Crippen molar-refractivity contribution >= 4 is 5.71 Å². The maximum Gasteiger partial charge on any atom is 0.118 e. The van der Waals surface area contributed by atoms with Crippen molar-refractivity contribution in [1.29, 1.82) is 0 Å². The van der Waals surface area contributed by atoms with Gasteiger partial charge in [0.05, 0.1) is 0 Å². The summed E-state index contributed by atoms with van der Waals surface area (Å²) >= 11 is 0. The van der Waals surface area contributed by atoms with Crippen molar-refractivity contribution in [2.45, 2.75) is 33.1 Å². The van der Waals surface area contributed by atoms with E-state index in [2.05, 4.69) is 11.9 Å². The summed E-state index contributed by atoms with van der Waals surface area (Å²) in [7, 11) is 0. The molecule has 0 atom stereocenters. The second-order valence-electron chi connectivity index (χ2n) is 5.65. The van der Waals surface area contributed by atoms with Crippen LogP contribution in [0.1, 0.15) is 30.0 Å². The van der Waals surface area contributed by atoms with Crippen molar-refractivity contribution < 1.29 is 10.2 Å². The van der Waals surface area contributed by atoms with Gasteiger partial charge in [-0.3, -0.25) is 4.99 Å². The Morgan fingerprint density at radius 1 is 0.955 bits per heavy atom. The average Bonchev–Trinajstić information content (AvgIpc) is 2.50. The second-order valence-corrected chi connectivity index (χ2v) is 5.65. The van der Waals surface area contributed by atoms with Gasteiger partial charge < -0.3 is 10.2 Å². The molecule has 0 heterocycles. The van der Waals surface area contributed by atoms with E-state index >= 15 is 0 Å². The molecule has 3 heteroatoms. The zero-order valence-electron chi connectivity index (χ0n) is 13.2. The quantitative estimate of drug-likeness (QED) is 0.791. The molecule has 0 unspecified atom stereocenters. The number of aliphatic imine (C=N–C) groups is 1. The van der Waals surface area contributed by atoms with Crippen LogP contribution in [0.15, 0.2) is 47.5 Å². The number of rotatable bonds is 6. The minimum atomic E-state index is 0.304. The molecule has 2 N–H and O–H groups in total. The van der Waals surface area contributed by atoms with Crippen LogP contribution in [-0.2, 0) is 12.8 Å². The Morgan fingerprint density at radius 3 is 2.32 bits per heavy atom. The molecule has 0 saturated carbocycles. The molecule has 0 amide bonds. The first-order valence-corrected chi connectivity index (χ1v) is 7.61. The van der Waals surface area contributed by atoms with E-state index in [0.717, 1.165) is 37.1 Å². The van der Waals surface area contributed by atoms with Crippen LogP contribution in [0.25, 0.3) is 0 Å². The highest BCUT2D eigenvalue weighted by molar-refractivity contribution is 5.82. The average molecular weight is 297 g/mol. The number of nitrogens with zero attached hydrogens (tertiary/aromatic N) is 1. The van der Waals surface area contributed by atoms with E-state index in [-0.39, 0.29) is 0 Å². The fourth-order valence-electron chi connectivity index (χ4n) is 2.32. The highest BCUT2D eigenvalue weighted by Gasteiger charge is 1.99. The maximum absolute atomic E-state index is 9.51. The van der Waals surface area contributed by atoms with Crippen LogP contribution in [-0.4, -0.2) is 22.5 Å². The molecule has 0 radical (unpaired) electrons. The van der Waals surface area contributed by atoms with Crippen molar-refractivity contribution in [3.63, 3.8) is 0 Å². The standard InChI is InChI=1S/C19H23NO2/c1-14-13-17(7-10-19(14)22)11-12-20-15(2)3-4-16-5-8-18(21)9-6-16/h5-10,13,21-22H,3-4,11-12H2,1-2H3. The van der Waals surface area contributed by atoms with Gasteiger partial charge in [-0.25, -0.2) is 0 Å². The summed E-state index contributed by atoms with van der Waals surface area (Å²) in [6, 6.07) is 13.0. The van der Waals surface area contributed by atoms with Crippen molar-refractivity contribution in [1.82, 2.24) is 0 Å². The molecule has 2 aromatic carbocycles. The van der Waals surface area contributed by atoms with Crippen LogP contribution < -0.4 is 0 Å². The van der Waals surface area contributed by atoms with Crippen LogP contribution in [0, 0.1) is 6.92 Å². The Kier molecular flexibility index (Phi) is 5.59. The number of hydrogen-bond donors (Lipinski definition) is 2. The first-order valence-electron chi connectivity index (χ1n) is 7.61. The first kappa shape index (κ1) is 16.1. The third-order valence-electron chi connectivity index (χ3n) is 3.76. The molecule has 0 saturated heterocycles. The molecule has 0 bridgehead atoms. The van der Waals surface area contributed by atoms with Gasteiger partial charge in [0.1, 0.15) is 11.5 Å². The monoisotopic (exact) mass is 297 g/mol. The van der Waals surface area contributed by atoms with Crippen LogP contribution >= 0.6 is 0 Å². The van der Waals surface area contributed by atoms with Crippen molar-refractivity contribution in [3.05, 3.63) is 59.2 Å². The molecule has 0 aromatic heterocycles. The van der Waals surface area contributed by atoms with Gasteiger partial charge in [-0.1, -0.05) is 24.3 Å². The Morgan fingerprint density at radius 2 is 1.64 bits per heavy atom. The van der Waals surface area contributed by atoms with Crippen LogP contribution in [0.4, 0.5) is 0 Å². The lowest BCUT2D eigenvalue weighted by molar-refractivity contribution is 0.471. The summed E-state index contributed by atoms with van der Waals surface area (Å²) in [6.45, 7) is 4.74. The number of phenols is 2. The number of hydrogen-bond acceptors (Lipinski definition) is 3. The van der Waals surface area contributed by atoms with Gasteiger partial charge in [0.2, 0.25) is 0 Å². The lowest BCUT2D eigenvalue weighted by atomic mass is 10.1. The highest BCUT2D eigenvalue weighted by atomic mass is 16.3. The number of phenolic OH excluding ortho intramolecular Hbond substituents is 2. The highest BCUT2D eigenvalue weighted by Crippen LogP contribution is 2.17. The van der Waals surface area contributed by atoms with Gasteiger partial charge in [0, 0.05) is 12.3 Å². The molecule has 0 spiro atoms. The van der Waals surface area contributed by atoms with E-state index < -0.39 is 0 Å². The molecule has 22 heavy (non-hydrogen) atoms. The van der Waals surface area contributed by atoms with E-state index in [0.29, 0.717) is 11.5 Å². The Labute approximate surface area is 132 Å². The van der Waals surface area contributed by atoms with Gasteiger partial charge in [-0.15, -0.1) is 0 Å². The van der Waals surface area contributed by atoms with E-state index in [1.807, 2.05) is 31.2 Å². The maximum atomic E-state index is 9.51. The first-order chi connectivity index (χ1) is 10.5. The fraction of sp³-hybridized carbons (Fsp3) is 0.316. The molecular formula is C19H23NO2.